The molecular formula is C13H20O. The zero-order valence-corrected chi connectivity index (χ0v) is 9.36. The smallest absolute Gasteiger partial charge is 0.123 e. The van der Waals surface area contributed by atoms with Gasteiger partial charge in [0.15, 0.2) is 0 Å². The molecule has 1 nitrogen and oxygen atoms in total. The van der Waals surface area contributed by atoms with Crippen molar-refractivity contribution in [2.24, 2.45) is 29.6 Å². The number of rotatable bonds is 2. The van der Waals surface area contributed by atoms with Crippen LogP contribution in [-0.4, -0.2) is 6.29 Å². The Morgan fingerprint density at radius 3 is 2.64 bits per heavy atom. The van der Waals surface area contributed by atoms with E-state index in [9.17, 15) is 4.79 Å². The molecule has 0 aromatic carbocycles. The summed E-state index contributed by atoms with van der Waals surface area (Å²) in [6, 6.07) is 0. The maximum absolute atomic E-state index is 10.9. The van der Waals surface area contributed by atoms with E-state index < -0.39 is 0 Å². The van der Waals surface area contributed by atoms with E-state index in [2.05, 4.69) is 26.8 Å². The maximum Gasteiger partial charge on any atom is 0.123 e. The standard InChI is InChI=1S/C13H20O/c1-8(2)12-6-13-9(3)4-10(12)5-11(13)7-14/h4,7-8,10-13H,5-6H2,1-3H3/t10-,11+,12+,13+/m1/s1. The Morgan fingerprint density at radius 1 is 1.43 bits per heavy atom. The van der Waals surface area contributed by atoms with Gasteiger partial charge in [-0.3, -0.25) is 0 Å². The van der Waals surface area contributed by atoms with Crippen LogP contribution in [0.5, 0.6) is 0 Å². The quantitative estimate of drug-likeness (QED) is 0.485. The van der Waals surface area contributed by atoms with Gasteiger partial charge in [-0.1, -0.05) is 25.5 Å². The number of fused-ring (bicyclic) bond motifs is 2. The van der Waals surface area contributed by atoms with Crippen molar-refractivity contribution >= 4 is 6.29 Å². The summed E-state index contributed by atoms with van der Waals surface area (Å²) in [4.78, 5) is 10.9. The third-order valence-corrected chi connectivity index (χ3v) is 4.23. The van der Waals surface area contributed by atoms with Crippen molar-refractivity contribution in [3.8, 4) is 0 Å². The van der Waals surface area contributed by atoms with E-state index in [0.29, 0.717) is 17.8 Å². The molecule has 78 valence electrons. The van der Waals surface area contributed by atoms with Gasteiger partial charge in [0.25, 0.3) is 0 Å². The Labute approximate surface area is 86.6 Å². The molecule has 0 radical (unpaired) electrons. The van der Waals surface area contributed by atoms with E-state index in [4.69, 9.17) is 0 Å². The lowest BCUT2D eigenvalue weighted by Gasteiger charge is -2.45. The van der Waals surface area contributed by atoms with E-state index in [-0.39, 0.29) is 0 Å². The Bertz CT molecular complexity index is 264. The van der Waals surface area contributed by atoms with Crippen LogP contribution in [0.3, 0.4) is 0 Å². The van der Waals surface area contributed by atoms with E-state index >= 15 is 0 Å². The van der Waals surface area contributed by atoms with Crippen LogP contribution in [0.2, 0.25) is 0 Å². The Morgan fingerprint density at radius 2 is 2.14 bits per heavy atom. The predicted octanol–water partition coefficient (Wildman–Crippen LogP) is 3.06. The zero-order chi connectivity index (χ0) is 10.3. The van der Waals surface area contributed by atoms with Gasteiger partial charge in [0.1, 0.15) is 6.29 Å². The highest BCUT2D eigenvalue weighted by molar-refractivity contribution is 5.56. The second-order valence-electron chi connectivity index (χ2n) is 5.36. The minimum absolute atomic E-state index is 0.319. The van der Waals surface area contributed by atoms with Gasteiger partial charge in [0.2, 0.25) is 0 Å². The highest BCUT2D eigenvalue weighted by atomic mass is 16.1. The molecule has 2 bridgehead atoms. The summed E-state index contributed by atoms with van der Waals surface area (Å²) < 4.78 is 0. The monoisotopic (exact) mass is 192 g/mol. The van der Waals surface area contributed by atoms with Crippen molar-refractivity contribution in [1.82, 2.24) is 0 Å². The highest BCUT2D eigenvalue weighted by Crippen LogP contribution is 2.49. The third-order valence-electron chi connectivity index (χ3n) is 4.23. The molecule has 14 heavy (non-hydrogen) atoms. The van der Waals surface area contributed by atoms with Gasteiger partial charge in [0, 0.05) is 5.92 Å². The average molecular weight is 192 g/mol. The molecule has 0 aromatic heterocycles. The number of carbonyl (C=O) groups is 1. The van der Waals surface area contributed by atoms with Crippen LogP contribution in [0.1, 0.15) is 33.6 Å². The van der Waals surface area contributed by atoms with Crippen LogP contribution < -0.4 is 0 Å². The highest BCUT2D eigenvalue weighted by Gasteiger charge is 2.41. The number of allylic oxidation sites excluding steroid dienone is 2. The van der Waals surface area contributed by atoms with Crippen LogP contribution in [-0.2, 0) is 4.79 Å². The molecule has 0 amide bonds. The van der Waals surface area contributed by atoms with Gasteiger partial charge in [-0.05, 0) is 43.4 Å². The van der Waals surface area contributed by atoms with E-state index in [1.54, 1.807) is 0 Å². The van der Waals surface area contributed by atoms with Crippen LogP contribution in [0, 0.1) is 29.6 Å². The molecule has 1 fully saturated rings. The molecule has 3 aliphatic carbocycles. The second-order valence-corrected chi connectivity index (χ2v) is 5.36. The van der Waals surface area contributed by atoms with Crippen LogP contribution in [0.25, 0.3) is 0 Å². The Balaban J connectivity index is 2.22. The number of carbonyl (C=O) groups excluding carboxylic acids is 1. The van der Waals surface area contributed by atoms with Crippen LogP contribution in [0.4, 0.5) is 0 Å². The van der Waals surface area contributed by atoms with Crippen molar-refractivity contribution in [2.75, 3.05) is 0 Å². The van der Waals surface area contributed by atoms with Crippen molar-refractivity contribution in [3.05, 3.63) is 11.6 Å². The molecule has 0 heterocycles. The van der Waals surface area contributed by atoms with Gasteiger partial charge >= 0.3 is 0 Å². The number of hydrogen-bond acceptors (Lipinski definition) is 1. The fraction of sp³-hybridized carbons (Fsp3) is 0.769. The third kappa shape index (κ3) is 1.43. The molecule has 0 N–H and O–H groups in total. The molecule has 0 spiro atoms. The van der Waals surface area contributed by atoms with E-state index in [0.717, 1.165) is 18.3 Å². The molecule has 0 saturated heterocycles. The molecule has 3 rings (SSSR count). The first-order valence-electron chi connectivity index (χ1n) is 5.77. The fourth-order valence-corrected chi connectivity index (χ4v) is 3.39. The zero-order valence-electron chi connectivity index (χ0n) is 9.36. The van der Waals surface area contributed by atoms with E-state index in [1.807, 2.05) is 0 Å². The van der Waals surface area contributed by atoms with Gasteiger partial charge in [0.05, 0.1) is 0 Å². The van der Waals surface area contributed by atoms with Gasteiger partial charge in [-0.2, -0.15) is 0 Å². The summed E-state index contributed by atoms with van der Waals surface area (Å²) in [6.45, 7) is 6.82. The van der Waals surface area contributed by atoms with Crippen molar-refractivity contribution in [3.63, 3.8) is 0 Å². The Kier molecular flexibility index (Phi) is 2.50. The molecule has 3 aliphatic rings. The van der Waals surface area contributed by atoms with Crippen molar-refractivity contribution < 1.29 is 4.79 Å². The minimum atomic E-state index is 0.319. The first kappa shape index (κ1) is 9.95. The summed E-state index contributed by atoms with van der Waals surface area (Å²) in [5.74, 6) is 3.14. The lowest BCUT2D eigenvalue weighted by Crippen LogP contribution is -2.39. The van der Waals surface area contributed by atoms with Crippen LogP contribution >= 0.6 is 0 Å². The molecule has 0 aromatic rings. The second kappa shape index (κ2) is 3.52. The first-order chi connectivity index (χ1) is 6.63. The maximum atomic E-state index is 10.9. The average Bonchev–Trinajstić information content (AvgIpc) is 2.16. The summed E-state index contributed by atoms with van der Waals surface area (Å²) in [5, 5.41) is 0. The van der Waals surface area contributed by atoms with Crippen LogP contribution in [0.15, 0.2) is 11.6 Å². The number of aldehydes is 1. The SMILES string of the molecule is CC1=C[C@@H]2C[C@@H](C=O)[C@H]1C[C@H]2C(C)C. The van der Waals surface area contributed by atoms with Gasteiger partial charge in [-0.25, -0.2) is 0 Å². The molecule has 1 saturated carbocycles. The summed E-state index contributed by atoms with van der Waals surface area (Å²) in [5.41, 5.74) is 1.47. The predicted molar refractivity (Wildman–Crippen MR) is 57.9 cm³/mol. The largest absolute Gasteiger partial charge is 0.303 e. The molecule has 4 atom stereocenters. The van der Waals surface area contributed by atoms with E-state index in [1.165, 1.54) is 18.3 Å². The lowest BCUT2D eigenvalue weighted by molar-refractivity contribution is -0.114. The summed E-state index contributed by atoms with van der Waals surface area (Å²) >= 11 is 0. The first-order valence-corrected chi connectivity index (χ1v) is 5.77. The van der Waals surface area contributed by atoms with Gasteiger partial charge < -0.3 is 4.79 Å². The van der Waals surface area contributed by atoms with Gasteiger partial charge in [-0.15, -0.1) is 0 Å². The number of hydrogen-bond donors (Lipinski definition) is 0. The molecule has 0 unspecified atom stereocenters. The topological polar surface area (TPSA) is 17.1 Å². The van der Waals surface area contributed by atoms with Crippen molar-refractivity contribution in [2.45, 2.75) is 33.6 Å². The molecule has 1 heteroatoms. The Hall–Kier alpha value is -0.590. The minimum Gasteiger partial charge on any atom is -0.303 e. The molecule has 0 aliphatic heterocycles. The normalized spacial score (nSPS) is 41.3. The summed E-state index contributed by atoms with van der Waals surface area (Å²) in [6.07, 6.45) is 5.96. The van der Waals surface area contributed by atoms with Crippen molar-refractivity contribution in [1.29, 1.82) is 0 Å². The lowest BCUT2D eigenvalue weighted by atomic mass is 9.59. The fourth-order valence-electron chi connectivity index (χ4n) is 3.39. The molecular weight excluding hydrogens is 172 g/mol. The summed E-state index contributed by atoms with van der Waals surface area (Å²) in [7, 11) is 0.